The molecule has 15 heavy (non-hydrogen) atoms. The second-order valence-corrected chi connectivity index (χ2v) is 5.36. The van der Waals surface area contributed by atoms with Crippen LogP contribution in [0, 0.1) is 5.92 Å². The molecule has 2 rings (SSSR count). The SMILES string of the molecule is CNCCC1CCCCN1C(C)C1CC1. The predicted molar refractivity (Wildman–Crippen MR) is 65.1 cm³/mol. The molecule has 0 aromatic heterocycles. The van der Waals surface area contributed by atoms with Gasteiger partial charge in [-0.15, -0.1) is 0 Å². The van der Waals surface area contributed by atoms with Gasteiger partial charge in [0.1, 0.15) is 0 Å². The van der Waals surface area contributed by atoms with E-state index in [0.717, 1.165) is 18.0 Å². The molecule has 1 saturated carbocycles. The Hall–Kier alpha value is -0.0800. The van der Waals surface area contributed by atoms with Gasteiger partial charge in [-0.2, -0.15) is 0 Å². The van der Waals surface area contributed by atoms with Crippen LogP contribution in [-0.4, -0.2) is 37.1 Å². The van der Waals surface area contributed by atoms with Crippen molar-refractivity contribution < 1.29 is 0 Å². The van der Waals surface area contributed by atoms with Gasteiger partial charge >= 0.3 is 0 Å². The van der Waals surface area contributed by atoms with Gasteiger partial charge in [0.2, 0.25) is 0 Å². The molecular formula is C13H26N2. The molecule has 0 radical (unpaired) electrons. The van der Waals surface area contributed by atoms with Crippen molar-refractivity contribution in [2.45, 2.75) is 57.5 Å². The van der Waals surface area contributed by atoms with Crippen molar-refractivity contribution in [3.63, 3.8) is 0 Å². The summed E-state index contributed by atoms with van der Waals surface area (Å²) < 4.78 is 0. The van der Waals surface area contributed by atoms with Crippen molar-refractivity contribution in [3.05, 3.63) is 0 Å². The number of piperidine rings is 1. The Labute approximate surface area is 94.4 Å². The van der Waals surface area contributed by atoms with Crippen LogP contribution < -0.4 is 5.32 Å². The van der Waals surface area contributed by atoms with E-state index in [-0.39, 0.29) is 0 Å². The van der Waals surface area contributed by atoms with Crippen molar-refractivity contribution in [1.29, 1.82) is 0 Å². The lowest BCUT2D eigenvalue weighted by molar-refractivity contribution is 0.0863. The van der Waals surface area contributed by atoms with Gasteiger partial charge in [-0.3, -0.25) is 4.90 Å². The van der Waals surface area contributed by atoms with E-state index in [0.29, 0.717) is 0 Å². The van der Waals surface area contributed by atoms with Gasteiger partial charge < -0.3 is 5.32 Å². The zero-order valence-corrected chi connectivity index (χ0v) is 10.3. The first kappa shape index (κ1) is 11.4. The normalized spacial score (nSPS) is 30.4. The molecule has 2 heteroatoms. The van der Waals surface area contributed by atoms with Crippen LogP contribution >= 0.6 is 0 Å². The summed E-state index contributed by atoms with van der Waals surface area (Å²) in [5, 5.41) is 3.29. The van der Waals surface area contributed by atoms with Gasteiger partial charge in [-0.1, -0.05) is 6.42 Å². The van der Waals surface area contributed by atoms with Crippen LogP contribution in [0.5, 0.6) is 0 Å². The lowest BCUT2D eigenvalue weighted by Gasteiger charge is -2.40. The largest absolute Gasteiger partial charge is 0.320 e. The summed E-state index contributed by atoms with van der Waals surface area (Å²) in [4.78, 5) is 2.80. The highest BCUT2D eigenvalue weighted by Crippen LogP contribution is 2.37. The lowest BCUT2D eigenvalue weighted by Crippen LogP contribution is -2.46. The third-order valence-electron chi connectivity index (χ3n) is 4.23. The highest BCUT2D eigenvalue weighted by molar-refractivity contribution is 4.90. The molecule has 0 spiro atoms. The van der Waals surface area contributed by atoms with Gasteiger partial charge in [0.25, 0.3) is 0 Å². The third-order valence-corrected chi connectivity index (χ3v) is 4.23. The molecule has 2 aliphatic rings. The average Bonchev–Trinajstić information content (AvgIpc) is 3.09. The summed E-state index contributed by atoms with van der Waals surface area (Å²) in [6, 6.07) is 1.72. The van der Waals surface area contributed by atoms with Crippen LogP contribution in [0.3, 0.4) is 0 Å². The number of hydrogen-bond donors (Lipinski definition) is 1. The molecule has 2 fully saturated rings. The van der Waals surface area contributed by atoms with Crippen molar-refractivity contribution in [2.24, 2.45) is 5.92 Å². The minimum atomic E-state index is 0.854. The van der Waals surface area contributed by atoms with Gasteiger partial charge in [0.15, 0.2) is 0 Å². The highest BCUT2D eigenvalue weighted by Gasteiger charge is 2.35. The number of nitrogens with one attached hydrogen (secondary N) is 1. The van der Waals surface area contributed by atoms with Gasteiger partial charge in [0.05, 0.1) is 0 Å². The fourth-order valence-electron chi connectivity index (χ4n) is 3.03. The highest BCUT2D eigenvalue weighted by atomic mass is 15.2. The third kappa shape index (κ3) is 2.94. The number of hydrogen-bond acceptors (Lipinski definition) is 2. The zero-order valence-electron chi connectivity index (χ0n) is 10.3. The quantitative estimate of drug-likeness (QED) is 0.749. The number of rotatable bonds is 5. The summed E-state index contributed by atoms with van der Waals surface area (Å²) in [6.07, 6.45) is 8.61. The molecule has 1 N–H and O–H groups in total. The Balaban J connectivity index is 1.86. The zero-order chi connectivity index (χ0) is 10.7. The van der Waals surface area contributed by atoms with Crippen molar-refractivity contribution in [3.8, 4) is 0 Å². The molecule has 0 bridgehead atoms. The smallest absolute Gasteiger partial charge is 0.0110 e. The molecule has 2 unspecified atom stereocenters. The van der Waals surface area contributed by atoms with Crippen molar-refractivity contribution >= 4 is 0 Å². The van der Waals surface area contributed by atoms with E-state index in [9.17, 15) is 0 Å². The van der Waals surface area contributed by atoms with Crippen LogP contribution in [0.1, 0.15) is 45.4 Å². The number of nitrogens with zero attached hydrogens (tertiary/aromatic N) is 1. The molecule has 88 valence electrons. The maximum absolute atomic E-state index is 3.29. The molecule has 0 amide bonds. The Morgan fingerprint density at radius 2 is 2.07 bits per heavy atom. The monoisotopic (exact) mass is 210 g/mol. The maximum Gasteiger partial charge on any atom is 0.0110 e. The van der Waals surface area contributed by atoms with Crippen LogP contribution in [0.25, 0.3) is 0 Å². The second kappa shape index (κ2) is 5.31. The minimum absolute atomic E-state index is 0.854. The van der Waals surface area contributed by atoms with E-state index in [1.807, 2.05) is 0 Å². The van der Waals surface area contributed by atoms with Crippen LogP contribution in [0.2, 0.25) is 0 Å². The number of likely N-dealkylation sites (tertiary alicyclic amines) is 1. The van der Waals surface area contributed by atoms with E-state index in [2.05, 4.69) is 24.2 Å². The molecule has 1 aliphatic carbocycles. The molecule has 2 nitrogen and oxygen atoms in total. The van der Waals surface area contributed by atoms with E-state index < -0.39 is 0 Å². The summed E-state index contributed by atoms with van der Waals surface area (Å²) in [5.41, 5.74) is 0. The Kier molecular flexibility index (Phi) is 4.04. The Bertz CT molecular complexity index is 189. The average molecular weight is 210 g/mol. The fourth-order valence-corrected chi connectivity index (χ4v) is 3.03. The molecule has 2 atom stereocenters. The topological polar surface area (TPSA) is 15.3 Å². The van der Waals surface area contributed by atoms with Gasteiger partial charge in [-0.25, -0.2) is 0 Å². The van der Waals surface area contributed by atoms with Crippen molar-refractivity contribution in [2.75, 3.05) is 20.1 Å². The van der Waals surface area contributed by atoms with Crippen LogP contribution in [0.15, 0.2) is 0 Å². The molecule has 0 aromatic rings. The van der Waals surface area contributed by atoms with Crippen molar-refractivity contribution in [1.82, 2.24) is 10.2 Å². The van der Waals surface area contributed by atoms with E-state index in [1.165, 1.54) is 51.6 Å². The maximum atomic E-state index is 3.29. The summed E-state index contributed by atoms with van der Waals surface area (Å²) >= 11 is 0. The first-order valence-corrected chi connectivity index (χ1v) is 6.73. The Morgan fingerprint density at radius 3 is 2.73 bits per heavy atom. The summed E-state index contributed by atoms with van der Waals surface area (Å²) in [5.74, 6) is 1.03. The second-order valence-electron chi connectivity index (χ2n) is 5.36. The van der Waals surface area contributed by atoms with Gasteiger partial charge in [0, 0.05) is 12.1 Å². The molecular weight excluding hydrogens is 184 g/mol. The lowest BCUT2D eigenvalue weighted by atomic mass is 9.96. The minimum Gasteiger partial charge on any atom is -0.320 e. The van der Waals surface area contributed by atoms with E-state index in [1.54, 1.807) is 0 Å². The molecule has 0 aromatic carbocycles. The molecule has 1 saturated heterocycles. The first-order chi connectivity index (χ1) is 7.33. The van der Waals surface area contributed by atoms with Crippen LogP contribution in [-0.2, 0) is 0 Å². The summed E-state index contributed by atoms with van der Waals surface area (Å²) in [6.45, 7) is 4.99. The predicted octanol–water partition coefficient (Wildman–Crippen LogP) is 2.25. The van der Waals surface area contributed by atoms with Gasteiger partial charge in [-0.05, 0) is 65.1 Å². The molecule has 1 heterocycles. The standard InChI is InChI=1S/C13H26N2/c1-11(12-6-7-12)15-10-4-3-5-13(15)8-9-14-2/h11-14H,3-10H2,1-2H3. The van der Waals surface area contributed by atoms with E-state index >= 15 is 0 Å². The first-order valence-electron chi connectivity index (χ1n) is 6.73. The molecule has 1 aliphatic heterocycles. The van der Waals surface area contributed by atoms with Crippen LogP contribution in [0.4, 0.5) is 0 Å². The van der Waals surface area contributed by atoms with E-state index in [4.69, 9.17) is 0 Å². The fraction of sp³-hybridized carbons (Fsp3) is 1.00. The summed E-state index contributed by atoms with van der Waals surface area (Å²) in [7, 11) is 2.07. The Morgan fingerprint density at radius 1 is 1.27 bits per heavy atom.